The van der Waals surface area contributed by atoms with E-state index in [0.29, 0.717) is 33.4 Å². The number of carboxylic acids is 1. The van der Waals surface area contributed by atoms with Crippen molar-refractivity contribution in [1.29, 1.82) is 0 Å². The summed E-state index contributed by atoms with van der Waals surface area (Å²) in [5.41, 5.74) is -6.93. The third-order valence-electron chi connectivity index (χ3n) is 21.9. The number of methoxy groups -OCH3 is 3. The molecule has 6 heterocycles. The number of nitrogens with zero attached hydrogens (tertiary/aromatic N) is 5. The van der Waals surface area contributed by atoms with Crippen molar-refractivity contribution in [3.8, 4) is 34.5 Å². The zero-order valence-corrected chi connectivity index (χ0v) is 64.8. The maximum absolute atomic E-state index is 13.8. The summed E-state index contributed by atoms with van der Waals surface area (Å²) in [4.78, 5) is 55.0. The van der Waals surface area contributed by atoms with Gasteiger partial charge in [-0.2, -0.15) is 0 Å². The van der Waals surface area contributed by atoms with Gasteiger partial charge in [-0.05, 0) is 76.2 Å². The first kappa shape index (κ1) is 81.9. The third kappa shape index (κ3) is 12.9. The highest BCUT2D eigenvalue weighted by molar-refractivity contribution is 9.11. The molecule has 7 N–H and O–H groups in total. The molecule has 9 aromatic rings. The molecule has 15 rings (SSSR count). The molecular formula is C83H85Br3F3N5O16. The van der Waals surface area contributed by atoms with E-state index in [1.165, 1.54) is 82.4 Å². The van der Waals surface area contributed by atoms with Gasteiger partial charge in [-0.25, -0.2) is 8.78 Å². The van der Waals surface area contributed by atoms with Gasteiger partial charge in [0.2, 0.25) is 11.8 Å². The number of carbonyl (C=O) groups excluding carboxylic acids is 2. The number of ether oxygens (including phenoxy) is 6. The summed E-state index contributed by atoms with van der Waals surface area (Å²) in [6, 6.07) is 48.8. The Balaban J connectivity index is 0.000000158. The highest BCUT2D eigenvalue weighted by atomic mass is 79.9. The summed E-state index contributed by atoms with van der Waals surface area (Å²) >= 11 is 10.3. The Bertz CT molecular complexity index is 4530. The van der Waals surface area contributed by atoms with Gasteiger partial charge in [-0.15, -0.1) is 0 Å². The number of aliphatic hydroxyl groups is 6. The maximum Gasteiger partial charge on any atom is 0.310 e. The minimum Gasteiger partial charge on any atom is -0.495 e. The fraction of sp³-hybridized carbons (Fsp3) is 0.349. The summed E-state index contributed by atoms with van der Waals surface area (Å²) < 4.78 is 76.1. The molecule has 3 fully saturated rings. The predicted octanol–water partition coefficient (Wildman–Crippen LogP) is 12.6. The van der Waals surface area contributed by atoms with E-state index in [2.05, 4.69) is 62.7 Å². The first-order valence-electron chi connectivity index (χ1n) is 35.1. The minimum absolute atomic E-state index is 0. The number of unbranched alkanes of at least 4 members (excludes halogenated alkanes) is 1. The van der Waals surface area contributed by atoms with Gasteiger partial charge < -0.3 is 74.0 Å². The molecule has 0 spiro atoms. The predicted molar refractivity (Wildman–Crippen MR) is 412 cm³/mol. The van der Waals surface area contributed by atoms with E-state index in [0.717, 1.165) is 26.3 Å². The van der Waals surface area contributed by atoms with Crippen LogP contribution in [0, 0.1) is 17.8 Å². The van der Waals surface area contributed by atoms with E-state index in [9.17, 15) is 63.3 Å². The van der Waals surface area contributed by atoms with Crippen LogP contribution in [0.5, 0.6) is 34.5 Å². The Morgan fingerprint density at radius 1 is 0.445 bits per heavy atom. The molecule has 3 aliphatic heterocycles. The number of hydrogen-bond donors (Lipinski definition) is 7. The molecule has 21 nitrogen and oxygen atoms in total. The zero-order valence-electron chi connectivity index (χ0n) is 60.0. The number of alkyl halides is 3. The Kier molecular flexibility index (Phi) is 24.7. The molecule has 580 valence electrons. The molecule has 6 aliphatic rings. The number of aliphatic carboxylic acids is 1. The zero-order chi connectivity index (χ0) is 78.1. The molecule has 0 radical (unpaired) electrons. The van der Waals surface area contributed by atoms with Crippen molar-refractivity contribution in [2.45, 2.75) is 96.9 Å². The van der Waals surface area contributed by atoms with Crippen molar-refractivity contribution in [1.82, 2.24) is 24.8 Å². The molecular weight excluding hydrogens is 1620 g/mol. The Hall–Kier alpha value is -9.03. The SMILES string of the molecule is C.CCCCF.COc1cncc2c1[C@]1(O)[C@H](O)[C@H](C(=O)N(C)CCF)[C@@H](c3ccccc3)[C@]1(c1ccc(Br)cc1)O2.COc1cncc2c1[C@]1(O)[C@H](O)[C@H](C(=O)N(C)CCF)[C@@H](c3ccccc3)[C@]1(c1ccc(Br)cc1)O2.COc1cncc2c1[C@]1(O)[C@H](O)[C@H](C(=O)O)[C@@H](c3ccccc3)[C@]1(c1ccc(Br)cc1)O2. The number of halogens is 6. The highest BCUT2D eigenvalue weighted by Crippen LogP contribution is 2.73. The van der Waals surface area contributed by atoms with Crippen LogP contribution in [0.25, 0.3) is 0 Å². The van der Waals surface area contributed by atoms with Crippen LogP contribution in [0.1, 0.15) is 95.0 Å². The third-order valence-corrected chi connectivity index (χ3v) is 23.5. The van der Waals surface area contributed by atoms with E-state index in [-0.39, 0.29) is 78.4 Å². The minimum atomic E-state index is -2.12. The van der Waals surface area contributed by atoms with Crippen molar-refractivity contribution in [3.05, 3.63) is 264 Å². The van der Waals surface area contributed by atoms with Crippen LogP contribution >= 0.6 is 47.8 Å². The van der Waals surface area contributed by atoms with Gasteiger partial charge >= 0.3 is 5.97 Å². The lowest BCUT2D eigenvalue weighted by Crippen LogP contribution is -2.52. The molecule has 0 bridgehead atoms. The number of carboxylic acid groups (broad SMARTS) is 1. The van der Waals surface area contributed by atoms with E-state index in [1.807, 2.05) is 97.9 Å². The summed E-state index contributed by atoms with van der Waals surface area (Å²) in [7, 11) is 7.27. The second kappa shape index (κ2) is 33.1. The topological polar surface area (TPSA) is 293 Å². The molecule has 0 unspecified atom stereocenters. The lowest BCUT2D eigenvalue weighted by Gasteiger charge is -2.40. The molecule has 15 atom stereocenters. The summed E-state index contributed by atoms with van der Waals surface area (Å²) in [5, 5.41) is 83.2. The van der Waals surface area contributed by atoms with Gasteiger partial charge in [-0.1, -0.05) is 196 Å². The quantitative estimate of drug-likeness (QED) is 0.0420. The van der Waals surface area contributed by atoms with E-state index < -0.39 is 119 Å². The number of aliphatic hydroxyl groups excluding tert-OH is 3. The number of rotatable bonds is 18. The number of aromatic nitrogens is 3. The summed E-state index contributed by atoms with van der Waals surface area (Å²) in [5.74, 6) is -7.07. The second-order valence-corrected chi connectivity index (χ2v) is 30.1. The Labute approximate surface area is 660 Å². The van der Waals surface area contributed by atoms with Crippen molar-refractivity contribution < 1.29 is 91.7 Å². The molecule has 0 saturated heterocycles. The Morgan fingerprint density at radius 3 is 0.955 bits per heavy atom. The van der Waals surface area contributed by atoms with Crippen LogP contribution in [0.2, 0.25) is 0 Å². The number of fused-ring (bicyclic) bond motifs is 9. The molecule has 6 aromatic carbocycles. The van der Waals surface area contributed by atoms with E-state index in [4.69, 9.17) is 28.4 Å². The van der Waals surface area contributed by atoms with Gasteiger partial charge in [0.05, 0.1) is 99.6 Å². The molecule has 2 amide bonds. The van der Waals surface area contributed by atoms with Crippen molar-refractivity contribution in [2.24, 2.45) is 17.8 Å². The standard InChI is InChI=1S/2C27H26BrFN2O5.C24H20BrNO6.C4H9F.CH4/c2*1-31(13-12-29)25(33)21-22(16-6-4-3-5-7-16)27(17-8-10-18(28)11-9-17)26(34,24(21)32)23-19(35-2)14-30-15-20(23)36-27;1-31-16-11-26-12-17-20(16)23(30)21(27)18(22(28)29)19(13-5-3-2-4-6-13)24(23,32-17)14-7-9-15(25)10-8-14;1-2-3-4-5;/h2*3-11,14-15,21-22,24,32,34H,12-13H2,1-2H3;2-12,18-19,21,27,30H,1H3,(H,28,29);2-4H2,1H3;1H4/t2*21-,22-,24-,26+,27+;18-,19-,21-,23+,24+;;/m111../s1. The average molecular weight is 1710 g/mol. The lowest BCUT2D eigenvalue weighted by molar-refractivity contribution is -0.159. The summed E-state index contributed by atoms with van der Waals surface area (Å²) in [6.07, 6.45) is 5.44. The van der Waals surface area contributed by atoms with Crippen molar-refractivity contribution >= 4 is 65.6 Å². The fourth-order valence-electron chi connectivity index (χ4n) is 17.2. The van der Waals surface area contributed by atoms with Crippen LogP contribution in [-0.2, 0) is 48.0 Å². The maximum atomic E-state index is 13.8. The van der Waals surface area contributed by atoms with Crippen LogP contribution in [-0.4, -0.2) is 165 Å². The number of carbonyl (C=O) groups is 3. The van der Waals surface area contributed by atoms with Crippen molar-refractivity contribution in [2.75, 3.05) is 68.5 Å². The van der Waals surface area contributed by atoms with Crippen LogP contribution < -0.4 is 28.4 Å². The van der Waals surface area contributed by atoms with Gasteiger partial charge in [0.25, 0.3) is 0 Å². The first-order valence-corrected chi connectivity index (χ1v) is 37.5. The van der Waals surface area contributed by atoms with E-state index in [1.54, 1.807) is 72.8 Å². The largest absolute Gasteiger partial charge is 0.495 e. The van der Waals surface area contributed by atoms with Gasteiger partial charge in [0, 0.05) is 58.4 Å². The van der Waals surface area contributed by atoms with E-state index >= 15 is 0 Å². The number of pyridine rings is 3. The fourth-order valence-corrected chi connectivity index (χ4v) is 18.0. The number of benzene rings is 6. The molecule has 3 aromatic heterocycles. The number of amides is 2. The van der Waals surface area contributed by atoms with Crippen LogP contribution in [0.4, 0.5) is 13.2 Å². The lowest BCUT2D eigenvalue weighted by atomic mass is 9.70. The normalized spacial score (nSPS) is 27.7. The average Bonchev–Trinajstić information content (AvgIpc) is 1.51. The second-order valence-electron chi connectivity index (χ2n) is 27.3. The van der Waals surface area contributed by atoms with Gasteiger partial charge in [0.15, 0.2) is 33.6 Å². The van der Waals surface area contributed by atoms with Gasteiger partial charge in [0.1, 0.15) is 66.2 Å². The molecule has 27 heteroatoms. The monoisotopic (exact) mass is 1700 g/mol. The number of hydrogen-bond acceptors (Lipinski definition) is 18. The molecule has 3 aliphatic carbocycles. The molecule has 110 heavy (non-hydrogen) atoms. The van der Waals surface area contributed by atoms with Gasteiger partial charge in [-0.3, -0.25) is 33.7 Å². The van der Waals surface area contributed by atoms with Crippen molar-refractivity contribution in [3.63, 3.8) is 0 Å². The van der Waals surface area contributed by atoms with Crippen LogP contribution in [0.15, 0.2) is 214 Å². The van der Waals surface area contributed by atoms with Crippen LogP contribution in [0.3, 0.4) is 0 Å². The molecule has 3 saturated carbocycles. The highest BCUT2D eigenvalue weighted by Gasteiger charge is 2.81. The smallest absolute Gasteiger partial charge is 0.310 e. The summed E-state index contributed by atoms with van der Waals surface area (Å²) in [6.45, 7) is 0.0655. The first-order chi connectivity index (χ1) is 52.4. The Morgan fingerprint density at radius 2 is 0.718 bits per heavy atom.